The largest absolute Gasteiger partial charge is 0.493 e. The number of ether oxygens (including phenoxy) is 3. The summed E-state index contributed by atoms with van der Waals surface area (Å²) in [6.45, 7) is 0.811. The van der Waals surface area contributed by atoms with E-state index in [1.807, 2.05) is 6.07 Å². The summed E-state index contributed by atoms with van der Waals surface area (Å²) in [5.74, 6) is 1.67. The number of benzene rings is 1. The lowest BCUT2D eigenvalue weighted by atomic mass is 9.90. The van der Waals surface area contributed by atoms with Crippen molar-refractivity contribution in [3.8, 4) is 11.5 Å². The van der Waals surface area contributed by atoms with Crippen LogP contribution in [0, 0.1) is 0 Å². The molecule has 1 spiro atoms. The first-order valence-electron chi connectivity index (χ1n) is 7.78. The molecule has 1 aromatic rings. The van der Waals surface area contributed by atoms with E-state index in [4.69, 9.17) is 14.2 Å². The summed E-state index contributed by atoms with van der Waals surface area (Å²) < 4.78 is 17.8. The summed E-state index contributed by atoms with van der Waals surface area (Å²) in [5.41, 5.74) is 1.29. The number of rotatable bonds is 4. The summed E-state index contributed by atoms with van der Waals surface area (Å²) in [7, 11) is 1.69. The zero-order valence-electron chi connectivity index (χ0n) is 12.6. The minimum absolute atomic E-state index is 0.0865. The van der Waals surface area contributed by atoms with Gasteiger partial charge in [0.05, 0.1) is 19.3 Å². The van der Waals surface area contributed by atoms with Gasteiger partial charge in [0.2, 0.25) is 0 Å². The van der Waals surface area contributed by atoms with Crippen molar-refractivity contribution in [2.75, 3.05) is 13.7 Å². The second-order valence-corrected chi connectivity index (χ2v) is 6.65. The van der Waals surface area contributed by atoms with Gasteiger partial charge in [-0.25, -0.2) is 0 Å². The third-order valence-corrected chi connectivity index (χ3v) is 5.29. The minimum Gasteiger partial charge on any atom is -0.493 e. The molecule has 21 heavy (non-hydrogen) atoms. The zero-order valence-corrected chi connectivity index (χ0v) is 14.2. The topological polar surface area (TPSA) is 27.7 Å². The fourth-order valence-electron chi connectivity index (χ4n) is 3.53. The molecule has 4 heteroatoms. The Morgan fingerprint density at radius 1 is 1.29 bits per heavy atom. The molecule has 1 aliphatic carbocycles. The van der Waals surface area contributed by atoms with E-state index >= 15 is 0 Å². The normalized spacial score (nSPS) is 24.2. The summed E-state index contributed by atoms with van der Waals surface area (Å²) in [4.78, 5) is 0. The van der Waals surface area contributed by atoms with Crippen LogP contribution in [0.2, 0.25) is 0 Å². The van der Waals surface area contributed by atoms with Crippen LogP contribution in [0.25, 0.3) is 0 Å². The lowest BCUT2D eigenvalue weighted by Crippen LogP contribution is -2.41. The Morgan fingerprint density at radius 3 is 2.81 bits per heavy atom. The summed E-state index contributed by atoms with van der Waals surface area (Å²) in [6.07, 6.45) is 7.15. The van der Waals surface area contributed by atoms with Crippen molar-refractivity contribution < 1.29 is 14.2 Å². The summed E-state index contributed by atoms with van der Waals surface area (Å²) >= 11 is 3.50. The maximum atomic E-state index is 6.28. The molecule has 116 valence electrons. The van der Waals surface area contributed by atoms with Gasteiger partial charge < -0.3 is 14.2 Å². The fourth-order valence-corrected chi connectivity index (χ4v) is 3.88. The van der Waals surface area contributed by atoms with Gasteiger partial charge in [0, 0.05) is 18.2 Å². The molecule has 3 rings (SSSR count). The van der Waals surface area contributed by atoms with Gasteiger partial charge in [-0.05, 0) is 30.5 Å². The molecule has 2 fully saturated rings. The molecular weight excluding hydrogens is 332 g/mol. The Bertz CT molecular complexity index is 483. The molecule has 1 aromatic carbocycles. The molecular formula is C17H23BrO3. The second-order valence-electron chi connectivity index (χ2n) is 6.09. The zero-order chi connectivity index (χ0) is 14.7. The highest BCUT2D eigenvalue weighted by Gasteiger charge is 2.40. The van der Waals surface area contributed by atoms with E-state index in [1.54, 1.807) is 7.11 Å². The van der Waals surface area contributed by atoms with Crippen LogP contribution in [0.5, 0.6) is 11.5 Å². The molecule has 3 nitrogen and oxygen atoms in total. The molecule has 0 N–H and O–H groups in total. The molecule has 2 aliphatic rings. The average Bonchev–Trinajstić information content (AvgIpc) is 2.95. The predicted octanol–water partition coefficient (Wildman–Crippen LogP) is 4.46. The average molecular weight is 355 g/mol. The highest BCUT2D eigenvalue weighted by molar-refractivity contribution is 9.08. The van der Waals surface area contributed by atoms with E-state index in [-0.39, 0.29) is 11.7 Å². The van der Waals surface area contributed by atoms with E-state index in [0.717, 1.165) is 36.3 Å². The lowest BCUT2D eigenvalue weighted by molar-refractivity contribution is -0.108. The highest BCUT2D eigenvalue weighted by Crippen LogP contribution is 2.41. The predicted molar refractivity (Wildman–Crippen MR) is 86.4 cm³/mol. The Balaban J connectivity index is 1.73. The fraction of sp³-hybridized carbons (Fsp3) is 0.647. The van der Waals surface area contributed by atoms with E-state index in [9.17, 15) is 0 Å². The second kappa shape index (κ2) is 6.57. The van der Waals surface area contributed by atoms with E-state index in [2.05, 4.69) is 28.1 Å². The Morgan fingerprint density at radius 2 is 2.10 bits per heavy atom. The van der Waals surface area contributed by atoms with Crippen molar-refractivity contribution in [3.63, 3.8) is 0 Å². The van der Waals surface area contributed by atoms with Gasteiger partial charge in [0.1, 0.15) is 6.10 Å². The first kappa shape index (κ1) is 15.2. The van der Waals surface area contributed by atoms with Crippen LogP contribution in [-0.2, 0) is 10.1 Å². The Hall–Kier alpha value is -0.740. The number of halogens is 1. The van der Waals surface area contributed by atoms with E-state index in [0.29, 0.717) is 0 Å². The third kappa shape index (κ3) is 3.37. The maximum Gasteiger partial charge on any atom is 0.161 e. The maximum absolute atomic E-state index is 6.28. The standard InChI is InChI=1S/C17H23BrO3/c1-19-15-5-4-13(12-18)10-16(15)21-14-6-9-20-17(11-14)7-2-3-8-17/h4-5,10,14H,2-3,6-9,11-12H2,1H3. The monoisotopic (exact) mass is 354 g/mol. The van der Waals surface area contributed by atoms with Gasteiger partial charge in [0.25, 0.3) is 0 Å². The van der Waals surface area contributed by atoms with Gasteiger partial charge in [-0.2, -0.15) is 0 Å². The first-order chi connectivity index (χ1) is 10.2. The molecule has 1 saturated carbocycles. The molecule has 0 aromatic heterocycles. The Labute approximate surface area is 135 Å². The van der Waals surface area contributed by atoms with Gasteiger partial charge in [-0.3, -0.25) is 0 Å². The minimum atomic E-state index is 0.0865. The number of methoxy groups -OCH3 is 1. The van der Waals surface area contributed by atoms with Crippen molar-refractivity contribution in [1.82, 2.24) is 0 Å². The van der Waals surface area contributed by atoms with Crippen LogP contribution in [0.15, 0.2) is 18.2 Å². The molecule has 1 saturated heterocycles. The van der Waals surface area contributed by atoms with Crippen molar-refractivity contribution in [2.45, 2.75) is 55.6 Å². The quantitative estimate of drug-likeness (QED) is 0.747. The number of hydrogen-bond donors (Lipinski definition) is 0. The van der Waals surface area contributed by atoms with Gasteiger partial charge in [0.15, 0.2) is 11.5 Å². The molecule has 1 heterocycles. The van der Waals surface area contributed by atoms with Gasteiger partial charge in [-0.15, -0.1) is 0 Å². The Kier molecular flexibility index (Phi) is 4.75. The van der Waals surface area contributed by atoms with Crippen LogP contribution >= 0.6 is 15.9 Å². The van der Waals surface area contributed by atoms with Crippen LogP contribution in [0.1, 0.15) is 44.1 Å². The van der Waals surface area contributed by atoms with Crippen molar-refractivity contribution in [1.29, 1.82) is 0 Å². The van der Waals surface area contributed by atoms with Crippen LogP contribution in [0.4, 0.5) is 0 Å². The first-order valence-corrected chi connectivity index (χ1v) is 8.90. The van der Waals surface area contributed by atoms with Crippen molar-refractivity contribution in [3.05, 3.63) is 23.8 Å². The lowest BCUT2D eigenvalue weighted by Gasteiger charge is -2.38. The van der Waals surface area contributed by atoms with Crippen LogP contribution < -0.4 is 9.47 Å². The van der Waals surface area contributed by atoms with Gasteiger partial charge in [-0.1, -0.05) is 34.8 Å². The van der Waals surface area contributed by atoms with Crippen molar-refractivity contribution >= 4 is 15.9 Å². The molecule has 0 bridgehead atoms. The van der Waals surface area contributed by atoms with E-state index in [1.165, 1.54) is 31.2 Å². The molecule has 0 radical (unpaired) electrons. The molecule has 1 aliphatic heterocycles. The van der Waals surface area contributed by atoms with Crippen LogP contribution in [0.3, 0.4) is 0 Å². The molecule has 1 atom stereocenters. The third-order valence-electron chi connectivity index (χ3n) is 4.64. The SMILES string of the molecule is COc1ccc(CBr)cc1OC1CCOC2(CCCC2)C1. The molecule has 1 unspecified atom stereocenters. The van der Waals surface area contributed by atoms with Crippen molar-refractivity contribution in [2.24, 2.45) is 0 Å². The van der Waals surface area contributed by atoms with E-state index < -0.39 is 0 Å². The van der Waals surface area contributed by atoms with Gasteiger partial charge >= 0.3 is 0 Å². The summed E-state index contributed by atoms with van der Waals surface area (Å²) in [5, 5.41) is 0.824. The summed E-state index contributed by atoms with van der Waals surface area (Å²) in [6, 6.07) is 6.11. The number of hydrogen-bond acceptors (Lipinski definition) is 3. The van der Waals surface area contributed by atoms with Crippen LogP contribution in [-0.4, -0.2) is 25.4 Å². The number of alkyl halides is 1. The highest BCUT2D eigenvalue weighted by atomic mass is 79.9. The smallest absolute Gasteiger partial charge is 0.161 e. The molecule has 0 amide bonds.